The SMILES string of the molecule is COc1ccc([C@@H](C)N(C(=O)CCl)C(c2ccccc2)c2cc3cc(Br)ccc3nc2OC)cc1. The van der Waals surface area contributed by atoms with Crippen molar-refractivity contribution in [2.45, 2.75) is 19.0 Å². The summed E-state index contributed by atoms with van der Waals surface area (Å²) in [4.78, 5) is 20.0. The molecule has 0 aliphatic rings. The first-order chi connectivity index (χ1) is 17.0. The number of halogens is 2. The Balaban J connectivity index is 1.94. The van der Waals surface area contributed by atoms with Gasteiger partial charge >= 0.3 is 0 Å². The average Bonchev–Trinajstić information content (AvgIpc) is 2.90. The highest BCUT2D eigenvalue weighted by molar-refractivity contribution is 9.10. The number of aromatic nitrogens is 1. The molecular weight excluding hydrogens is 528 g/mol. The van der Waals surface area contributed by atoms with Crippen LogP contribution in [0.5, 0.6) is 11.6 Å². The van der Waals surface area contributed by atoms with Crippen molar-refractivity contribution in [3.63, 3.8) is 0 Å². The van der Waals surface area contributed by atoms with Crippen LogP contribution in [0.15, 0.2) is 83.3 Å². The van der Waals surface area contributed by atoms with Gasteiger partial charge in [-0.2, -0.15) is 0 Å². The summed E-state index contributed by atoms with van der Waals surface area (Å²) in [6.07, 6.45) is 0. The fourth-order valence-electron chi connectivity index (χ4n) is 4.33. The van der Waals surface area contributed by atoms with Gasteiger partial charge in [0.25, 0.3) is 0 Å². The third-order valence-corrected chi connectivity index (χ3v) is 6.79. The molecule has 1 heterocycles. The first-order valence-electron chi connectivity index (χ1n) is 11.2. The number of alkyl halides is 1. The second kappa shape index (κ2) is 11.1. The van der Waals surface area contributed by atoms with Crippen LogP contribution in [-0.2, 0) is 4.79 Å². The zero-order valence-electron chi connectivity index (χ0n) is 19.7. The van der Waals surface area contributed by atoms with Gasteiger partial charge in [-0.3, -0.25) is 4.79 Å². The molecule has 0 aliphatic heterocycles. The number of nitrogens with zero attached hydrogens (tertiary/aromatic N) is 2. The fraction of sp³-hybridized carbons (Fsp3) is 0.214. The molecule has 5 nitrogen and oxygen atoms in total. The molecule has 180 valence electrons. The fourth-order valence-corrected chi connectivity index (χ4v) is 4.84. The Labute approximate surface area is 218 Å². The summed E-state index contributed by atoms with van der Waals surface area (Å²) in [5.74, 6) is 0.864. The van der Waals surface area contributed by atoms with E-state index in [0.717, 1.165) is 37.8 Å². The lowest BCUT2D eigenvalue weighted by Crippen LogP contribution is -2.38. The number of amides is 1. The number of hydrogen-bond donors (Lipinski definition) is 0. The number of methoxy groups -OCH3 is 2. The molecule has 4 aromatic rings. The number of benzene rings is 3. The zero-order chi connectivity index (χ0) is 24.9. The van der Waals surface area contributed by atoms with Gasteiger partial charge in [-0.05, 0) is 54.4 Å². The van der Waals surface area contributed by atoms with Crippen molar-refractivity contribution >= 4 is 44.3 Å². The van der Waals surface area contributed by atoms with E-state index in [1.807, 2.05) is 90.7 Å². The van der Waals surface area contributed by atoms with Crippen LogP contribution in [0.25, 0.3) is 10.9 Å². The van der Waals surface area contributed by atoms with Gasteiger partial charge in [-0.1, -0.05) is 58.4 Å². The molecule has 0 aliphatic carbocycles. The number of rotatable bonds is 8. The Bertz CT molecular complexity index is 1320. The summed E-state index contributed by atoms with van der Waals surface area (Å²) in [5.41, 5.74) is 3.48. The van der Waals surface area contributed by atoms with Crippen molar-refractivity contribution in [3.05, 3.63) is 100 Å². The molecule has 7 heteroatoms. The normalized spacial score (nSPS) is 12.7. The summed E-state index contributed by atoms with van der Waals surface area (Å²) in [6, 6.07) is 24.7. The van der Waals surface area contributed by atoms with Gasteiger partial charge in [-0.25, -0.2) is 4.98 Å². The molecule has 0 spiro atoms. The van der Waals surface area contributed by atoms with Crippen LogP contribution >= 0.6 is 27.5 Å². The molecule has 0 fully saturated rings. The second-order valence-corrected chi connectivity index (χ2v) is 9.30. The molecule has 1 unspecified atom stereocenters. The van der Waals surface area contributed by atoms with Crippen LogP contribution < -0.4 is 9.47 Å². The minimum atomic E-state index is -0.481. The van der Waals surface area contributed by atoms with E-state index in [9.17, 15) is 4.79 Å². The summed E-state index contributed by atoms with van der Waals surface area (Å²) in [5, 5.41) is 0.937. The molecule has 4 rings (SSSR count). The Morgan fingerprint density at radius 3 is 2.31 bits per heavy atom. The number of ether oxygens (including phenoxy) is 2. The number of carbonyl (C=O) groups excluding carboxylic acids is 1. The van der Waals surface area contributed by atoms with E-state index in [1.54, 1.807) is 14.2 Å². The summed E-state index contributed by atoms with van der Waals surface area (Å²) in [7, 11) is 3.23. The van der Waals surface area contributed by atoms with Crippen LogP contribution in [0, 0.1) is 0 Å². The van der Waals surface area contributed by atoms with Crippen LogP contribution in [-0.4, -0.2) is 35.9 Å². The first-order valence-corrected chi connectivity index (χ1v) is 12.5. The van der Waals surface area contributed by atoms with E-state index < -0.39 is 6.04 Å². The number of fused-ring (bicyclic) bond motifs is 1. The Kier molecular flexibility index (Phi) is 7.93. The minimum Gasteiger partial charge on any atom is -0.497 e. The number of pyridine rings is 1. The molecule has 0 radical (unpaired) electrons. The summed E-state index contributed by atoms with van der Waals surface area (Å²) >= 11 is 9.72. The van der Waals surface area contributed by atoms with E-state index in [4.69, 9.17) is 26.1 Å². The van der Waals surface area contributed by atoms with Crippen LogP contribution in [0.2, 0.25) is 0 Å². The van der Waals surface area contributed by atoms with E-state index in [0.29, 0.717) is 5.88 Å². The highest BCUT2D eigenvalue weighted by Gasteiger charge is 2.33. The van der Waals surface area contributed by atoms with Crippen LogP contribution in [0.3, 0.4) is 0 Å². The van der Waals surface area contributed by atoms with Crippen molar-refractivity contribution in [2.75, 3.05) is 20.1 Å². The lowest BCUT2D eigenvalue weighted by Gasteiger charge is -2.37. The summed E-state index contributed by atoms with van der Waals surface area (Å²) in [6.45, 7) is 2.00. The van der Waals surface area contributed by atoms with Crippen molar-refractivity contribution in [1.82, 2.24) is 9.88 Å². The lowest BCUT2D eigenvalue weighted by atomic mass is 9.93. The van der Waals surface area contributed by atoms with Gasteiger partial charge in [0.15, 0.2) is 0 Å². The number of hydrogen-bond acceptors (Lipinski definition) is 4. The minimum absolute atomic E-state index is 0.154. The largest absolute Gasteiger partial charge is 0.497 e. The average molecular weight is 554 g/mol. The maximum absolute atomic E-state index is 13.5. The van der Waals surface area contributed by atoms with Crippen molar-refractivity contribution < 1.29 is 14.3 Å². The number of carbonyl (C=O) groups is 1. The third-order valence-electron chi connectivity index (χ3n) is 6.07. The molecule has 2 atom stereocenters. The van der Waals surface area contributed by atoms with Crippen molar-refractivity contribution in [3.8, 4) is 11.6 Å². The van der Waals surface area contributed by atoms with Crippen LogP contribution in [0.4, 0.5) is 0 Å². The quantitative estimate of drug-likeness (QED) is 0.222. The Morgan fingerprint density at radius 1 is 0.971 bits per heavy atom. The third kappa shape index (κ3) is 5.29. The maximum atomic E-state index is 13.5. The maximum Gasteiger partial charge on any atom is 0.238 e. The predicted molar refractivity (Wildman–Crippen MR) is 143 cm³/mol. The molecule has 1 aromatic heterocycles. The monoisotopic (exact) mass is 552 g/mol. The smallest absolute Gasteiger partial charge is 0.238 e. The molecule has 0 bridgehead atoms. The standard InChI is InChI=1S/C28H26BrClN2O3/c1-18(19-9-12-23(34-2)13-10-19)32(26(33)17-30)27(20-7-5-4-6-8-20)24-16-21-15-22(29)11-14-25(21)31-28(24)35-3/h4-16,18,27H,17H2,1-3H3/t18-,27?/m1/s1. The van der Waals surface area contributed by atoms with E-state index in [2.05, 4.69) is 15.9 Å². The van der Waals surface area contributed by atoms with Gasteiger partial charge in [0.05, 0.1) is 31.8 Å². The van der Waals surface area contributed by atoms with Gasteiger partial charge < -0.3 is 14.4 Å². The van der Waals surface area contributed by atoms with E-state index >= 15 is 0 Å². The highest BCUT2D eigenvalue weighted by Crippen LogP contribution is 2.40. The van der Waals surface area contributed by atoms with Gasteiger partial charge in [0, 0.05) is 15.4 Å². The predicted octanol–water partition coefficient (Wildman–Crippen LogP) is 6.93. The topological polar surface area (TPSA) is 51.7 Å². The van der Waals surface area contributed by atoms with Crippen LogP contribution in [0.1, 0.15) is 35.7 Å². The molecular formula is C28H26BrClN2O3. The van der Waals surface area contributed by atoms with Crippen molar-refractivity contribution in [1.29, 1.82) is 0 Å². The molecule has 3 aromatic carbocycles. The molecule has 0 N–H and O–H groups in total. The summed E-state index contributed by atoms with van der Waals surface area (Å²) < 4.78 is 12.0. The first kappa shape index (κ1) is 25.0. The molecule has 1 amide bonds. The second-order valence-electron chi connectivity index (χ2n) is 8.12. The lowest BCUT2D eigenvalue weighted by molar-refractivity contribution is -0.132. The van der Waals surface area contributed by atoms with E-state index in [-0.39, 0.29) is 17.8 Å². The van der Waals surface area contributed by atoms with E-state index in [1.165, 1.54) is 0 Å². The molecule has 0 saturated heterocycles. The van der Waals surface area contributed by atoms with Gasteiger partial charge in [0.1, 0.15) is 11.6 Å². The van der Waals surface area contributed by atoms with Crippen molar-refractivity contribution in [2.24, 2.45) is 0 Å². The van der Waals surface area contributed by atoms with Gasteiger partial charge in [0.2, 0.25) is 11.8 Å². The Hall–Kier alpha value is -3.09. The van der Waals surface area contributed by atoms with Gasteiger partial charge in [-0.15, -0.1) is 11.6 Å². The Morgan fingerprint density at radius 2 is 1.69 bits per heavy atom. The highest BCUT2D eigenvalue weighted by atomic mass is 79.9. The molecule has 0 saturated carbocycles. The molecule has 35 heavy (non-hydrogen) atoms. The zero-order valence-corrected chi connectivity index (χ0v) is 22.1.